The number of hydrogen-bond acceptors (Lipinski definition) is 5. The molecule has 0 unspecified atom stereocenters. The van der Waals surface area contributed by atoms with Crippen LogP contribution >= 0.6 is 0 Å². The van der Waals surface area contributed by atoms with Crippen LogP contribution in [0.2, 0.25) is 0 Å². The normalized spacial score (nSPS) is 16.2. The molecule has 4 rings (SSSR count). The van der Waals surface area contributed by atoms with Gasteiger partial charge in [-0.05, 0) is 54.7 Å². The lowest BCUT2D eigenvalue weighted by Gasteiger charge is -2.32. The summed E-state index contributed by atoms with van der Waals surface area (Å²) < 4.78 is 10.6. The van der Waals surface area contributed by atoms with Crippen molar-refractivity contribution in [3.63, 3.8) is 0 Å². The van der Waals surface area contributed by atoms with E-state index in [4.69, 9.17) is 9.47 Å². The van der Waals surface area contributed by atoms with E-state index in [0.29, 0.717) is 36.9 Å². The van der Waals surface area contributed by atoms with Crippen LogP contribution in [0.1, 0.15) is 28.8 Å². The lowest BCUT2D eigenvalue weighted by atomic mass is 9.96. The SMILES string of the molecule is O=C(/C=C/c1ccc2c(c1)OCO2)NCC1CCN(C(=O)c2cccnc2)CC1. The summed E-state index contributed by atoms with van der Waals surface area (Å²) in [4.78, 5) is 30.4. The van der Waals surface area contributed by atoms with Gasteiger partial charge in [0.2, 0.25) is 12.7 Å². The summed E-state index contributed by atoms with van der Waals surface area (Å²) in [5.41, 5.74) is 1.50. The molecular weight excluding hydrogens is 370 g/mol. The van der Waals surface area contributed by atoms with Gasteiger partial charge in [0.05, 0.1) is 5.56 Å². The minimum atomic E-state index is -0.128. The fourth-order valence-corrected chi connectivity index (χ4v) is 3.50. The van der Waals surface area contributed by atoms with E-state index in [9.17, 15) is 9.59 Å². The van der Waals surface area contributed by atoms with E-state index >= 15 is 0 Å². The number of aromatic nitrogens is 1. The van der Waals surface area contributed by atoms with Crippen molar-refractivity contribution in [1.82, 2.24) is 15.2 Å². The molecule has 7 nitrogen and oxygen atoms in total. The minimum absolute atomic E-state index is 0.0206. The third kappa shape index (κ3) is 4.74. The number of fused-ring (bicyclic) bond motifs is 1. The highest BCUT2D eigenvalue weighted by Gasteiger charge is 2.23. The number of likely N-dealkylation sites (tertiary alicyclic amines) is 1. The summed E-state index contributed by atoms with van der Waals surface area (Å²) in [6.45, 7) is 2.23. The molecule has 1 fully saturated rings. The average molecular weight is 393 g/mol. The van der Waals surface area contributed by atoms with Crippen LogP contribution in [0.4, 0.5) is 0 Å². The number of nitrogens with zero attached hydrogens (tertiary/aromatic N) is 2. The number of carbonyl (C=O) groups is 2. The zero-order valence-corrected chi connectivity index (χ0v) is 16.0. The number of piperidine rings is 1. The van der Waals surface area contributed by atoms with Crippen molar-refractivity contribution in [2.75, 3.05) is 26.4 Å². The van der Waals surface area contributed by atoms with Gasteiger partial charge in [-0.2, -0.15) is 0 Å². The molecule has 2 aliphatic heterocycles. The van der Waals surface area contributed by atoms with Crippen LogP contribution in [-0.4, -0.2) is 48.1 Å². The molecule has 0 spiro atoms. The molecule has 1 aromatic carbocycles. The van der Waals surface area contributed by atoms with E-state index in [2.05, 4.69) is 10.3 Å². The Hall–Kier alpha value is -3.35. The molecule has 7 heteroatoms. The molecule has 29 heavy (non-hydrogen) atoms. The van der Waals surface area contributed by atoms with Crippen LogP contribution in [-0.2, 0) is 4.79 Å². The summed E-state index contributed by atoms with van der Waals surface area (Å²) >= 11 is 0. The average Bonchev–Trinajstić information content (AvgIpc) is 3.24. The fraction of sp³-hybridized carbons (Fsp3) is 0.318. The van der Waals surface area contributed by atoms with Gasteiger partial charge in [0.15, 0.2) is 11.5 Å². The van der Waals surface area contributed by atoms with Gasteiger partial charge in [-0.15, -0.1) is 0 Å². The van der Waals surface area contributed by atoms with E-state index in [1.165, 1.54) is 6.08 Å². The van der Waals surface area contributed by atoms with Gasteiger partial charge in [0.25, 0.3) is 5.91 Å². The van der Waals surface area contributed by atoms with E-state index in [-0.39, 0.29) is 18.6 Å². The summed E-state index contributed by atoms with van der Waals surface area (Å²) in [7, 11) is 0. The molecule has 0 atom stereocenters. The molecule has 1 N–H and O–H groups in total. The summed E-state index contributed by atoms with van der Waals surface area (Å²) in [6, 6.07) is 9.12. The second kappa shape index (κ2) is 8.77. The molecule has 2 aliphatic rings. The second-order valence-corrected chi connectivity index (χ2v) is 7.17. The first-order valence-corrected chi connectivity index (χ1v) is 9.74. The van der Waals surface area contributed by atoms with Crippen molar-refractivity contribution in [2.45, 2.75) is 12.8 Å². The van der Waals surface area contributed by atoms with Crippen molar-refractivity contribution < 1.29 is 19.1 Å². The first-order chi connectivity index (χ1) is 14.2. The summed E-state index contributed by atoms with van der Waals surface area (Å²) in [5, 5.41) is 2.96. The molecule has 0 saturated carbocycles. The molecule has 0 aliphatic carbocycles. The van der Waals surface area contributed by atoms with Gasteiger partial charge in [0, 0.05) is 38.1 Å². The van der Waals surface area contributed by atoms with E-state index < -0.39 is 0 Å². The van der Waals surface area contributed by atoms with Crippen molar-refractivity contribution in [1.29, 1.82) is 0 Å². The number of benzene rings is 1. The maximum Gasteiger partial charge on any atom is 0.255 e. The standard InChI is InChI=1S/C22H23N3O4/c26-21(6-4-16-3-5-19-20(12-16)29-15-28-19)24-13-17-7-10-25(11-8-17)22(27)18-2-1-9-23-14-18/h1-6,9,12,14,17H,7-8,10-11,13,15H2,(H,24,26)/b6-4+. The van der Waals surface area contributed by atoms with Gasteiger partial charge >= 0.3 is 0 Å². The maximum absolute atomic E-state index is 12.5. The van der Waals surface area contributed by atoms with E-state index in [0.717, 1.165) is 24.2 Å². The third-order valence-corrected chi connectivity index (χ3v) is 5.20. The van der Waals surface area contributed by atoms with Gasteiger partial charge in [-0.3, -0.25) is 14.6 Å². The van der Waals surface area contributed by atoms with Crippen molar-refractivity contribution >= 4 is 17.9 Å². The molecular formula is C22H23N3O4. The number of ether oxygens (including phenoxy) is 2. The van der Waals surface area contributed by atoms with Crippen LogP contribution in [0.5, 0.6) is 11.5 Å². The smallest absolute Gasteiger partial charge is 0.255 e. The second-order valence-electron chi connectivity index (χ2n) is 7.17. The largest absolute Gasteiger partial charge is 0.454 e. The van der Waals surface area contributed by atoms with Crippen LogP contribution in [0.3, 0.4) is 0 Å². The highest BCUT2D eigenvalue weighted by Crippen LogP contribution is 2.32. The molecule has 3 heterocycles. The van der Waals surface area contributed by atoms with Crippen LogP contribution in [0.15, 0.2) is 48.8 Å². The first-order valence-electron chi connectivity index (χ1n) is 9.74. The third-order valence-electron chi connectivity index (χ3n) is 5.20. The zero-order valence-electron chi connectivity index (χ0n) is 16.0. The molecule has 2 amide bonds. The Labute approximate surface area is 169 Å². The predicted molar refractivity (Wildman–Crippen MR) is 107 cm³/mol. The molecule has 1 saturated heterocycles. The number of rotatable bonds is 5. The number of nitrogens with one attached hydrogen (secondary N) is 1. The van der Waals surface area contributed by atoms with Crippen LogP contribution in [0, 0.1) is 5.92 Å². The Morgan fingerprint density at radius 2 is 2.00 bits per heavy atom. The van der Waals surface area contributed by atoms with Crippen molar-refractivity contribution in [3.8, 4) is 11.5 Å². The Kier molecular flexibility index (Phi) is 5.74. The Balaban J connectivity index is 1.21. The van der Waals surface area contributed by atoms with Gasteiger partial charge in [-0.1, -0.05) is 6.07 Å². The number of hydrogen-bond donors (Lipinski definition) is 1. The van der Waals surface area contributed by atoms with Gasteiger partial charge < -0.3 is 19.7 Å². The van der Waals surface area contributed by atoms with Gasteiger partial charge in [0.1, 0.15) is 0 Å². The van der Waals surface area contributed by atoms with Gasteiger partial charge in [-0.25, -0.2) is 0 Å². The molecule has 150 valence electrons. The highest BCUT2D eigenvalue weighted by atomic mass is 16.7. The number of amides is 2. The maximum atomic E-state index is 12.5. The summed E-state index contributed by atoms with van der Waals surface area (Å²) in [6.07, 6.45) is 8.29. The number of carbonyl (C=O) groups excluding carboxylic acids is 2. The van der Waals surface area contributed by atoms with Crippen LogP contribution in [0.25, 0.3) is 6.08 Å². The zero-order chi connectivity index (χ0) is 20.1. The Morgan fingerprint density at radius 1 is 1.17 bits per heavy atom. The molecule has 2 aromatic rings. The number of pyridine rings is 1. The fourth-order valence-electron chi connectivity index (χ4n) is 3.50. The molecule has 0 radical (unpaired) electrons. The Morgan fingerprint density at radius 3 is 2.79 bits per heavy atom. The molecule has 0 bridgehead atoms. The summed E-state index contributed by atoms with van der Waals surface area (Å²) in [5.74, 6) is 1.68. The monoisotopic (exact) mass is 393 g/mol. The predicted octanol–water partition coefficient (Wildman–Crippen LogP) is 2.49. The van der Waals surface area contributed by atoms with E-state index in [1.807, 2.05) is 23.1 Å². The quantitative estimate of drug-likeness (QED) is 0.790. The minimum Gasteiger partial charge on any atom is -0.454 e. The highest BCUT2D eigenvalue weighted by molar-refractivity contribution is 5.94. The lowest BCUT2D eigenvalue weighted by molar-refractivity contribution is -0.116. The Bertz CT molecular complexity index is 906. The van der Waals surface area contributed by atoms with Crippen LogP contribution < -0.4 is 14.8 Å². The first kappa shape index (κ1) is 19.0. The topological polar surface area (TPSA) is 80.8 Å². The van der Waals surface area contributed by atoms with Crippen molar-refractivity contribution in [2.24, 2.45) is 5.92 Å². The van der Waals surface area contributed by atoms with Crippen molar-refractivity contribution in [3.05, 3.63) is 59.9 Å². The van der Waals surface area contributed by atoms with E-state index in [1.54, 1.807) is 30.6 Å². The lowest BCUT2D eigenvalue weighted by Crippen LogP contribution is -2.41. The molecule has 1 aromatic heterocycles.